The molecule has 2 N–H and O–H groups in total. The minimum Gasteiger partial charge on any atom is -0.437 e. The Morgan fingerprint density at radius 3 is 2.89 bits per heavy atom. The van der Waals surface area contributed by atoms with Gasteiger partial charge in [0, 0.05) is 22.3 Å². The molecule has 1 unspecified atom stereocenters. The molecule has 1 aromatic heterocycles. The largest absolute Gasteiger partial charge is 0.437 e. The van der Waals surface area contributed by atoms with Crippen molar-refractivity contribution in [2.75, 3.05) is 0 Å². The van der Waals surface area contributed by atoms with Gasteiger partial charge in [-0.1, -0.05) is 33.6 Å². The zero-order chi connectivity index (χ0) is 13.1. The molecule has 2 rings (SSSR count). The van der Waals surface area contributed by atoms with Gasteiger partial charge in [0.1, 0.15) is 5.75 Å². The highest BCUT2D eigenvalue weighted by Crippen LogP contribution is 2.33. The summed E-state index contributed by atoms with van der Waals surface area (Å²) >= 11 is 9.45. The lowest BCUT2D eigenvalue weighted by atomic mass is 10.1. The highest BCUT2D eigenvalue weighted by Gasteiger charge is 2.11. The number of aromatic nitrogens is 1. The van der Waals surface area contributed by atoms with Crippen LogP contribution in [0, 0.1) is 0 Å². The molecule has 18 heavy (non-hydrogen) atoms. The van der Waals surface area contributed by atoms with Crippen LogP contribution in [-0.2, 0) is 0 Å². The van der Waals surface area contributed by atoms with Crippen LogP contribution in [0.1, 0.15) is 18.5 Å². The Kier molecular flexibility index (Phi) is 4.22. The van der Waals surface area contributed by atoms with Gasteiger partial charge >= 0.3 is 0 Å². The minimum absolute atomic E-state index is 0.153. The van der Waals surface area contributed by atoms with Crippen molar-refractivity contribution >= 4 is 27.5 Å². The van der Waals surface area contributed by atoms with Crippen molar-refractivity contribution in [2.24, 2.45) is 5.73 Å². The molecule has 0 saturated carbocycles. The van der Waals surface area contributed by atoms with Crippen LogP contribution < -0.4 is 10.5 Å². The third kappa shape index (κ3) is 3.02. The lowest BCUT2D eigenvalue weighted by molar-refractivity contribution is 0.452. The SMILES string of the molecule is CC(N)c1cccnc1Oc1cc(Br)ccc1Cl. The topological polar surface area (TPSA) is 48.1 Å². The summed E-state index contributed by atoms with van der Waals surface area (Å²) in [6.07, 6.45) is 1.66. The van der Waals surface area contributed by atoms with Gasteiger partial charge < -0.3 is 10.5 Å². The van der Waals surface area contributed by atoms with E-state index in [-0.39, 0.29) is 6.04 Å². The van der Waals surface area contributed by atoms with E-state index in [2.05, 4.69) is 20.9 Å². The van der Waals surface area contributed by atoms with Crippen LogP contribution in [0.15, 0.2) is 41.0 Å². The number of nitrogens with zero attached hydrogens (tertiary/aromatic N) is 1. The molecule has 0 aliphatic carbocycles. The molecular weight excluding hydrogens is 316 g/mol. The molecule has 5 heteroatoms. The quantitative estimate of drug-likeness (QED) is 0.914. The Labute approximate surface area is 119 Å². The van der Waals surface area contributed by atoms with Gasteiger partial charge in [0.15, 0.2) is 0 Å². The first-order valence-corrected chi connectivity index (χ1v) is 6.58. The summed E-state index contributed by atoms with van der Waals surface area (Å²) in [6, 6.07) is 8.96. The number of hydrogen-bond donors (Lipinski definition) is 1. The fourth-order valence-electron chi connectivity index (χ4n) is 1.49. The average Bonchev–Trinajstić information content (AvgIpc) is 2.34. The second-order valence-electron chi connectivity index (χ2n) is 3.86. The third-order valence-corrected chi connectivity index (χ3v) is 3.20. The van der Waals surface area contributed by atoms with Crippen LogP contribution in [0.3, 0.4) is 0 Å². The average molecular weight is 328 g/mol. The molecular formula is C13H12BrClN2O. The van der Waals surface area contributed by atoms with Crippen molar-refractivity contribution in [1.29, 1.82) is 0 Å². The molecule has 0 saturated heterocycles. The van der Waals surface area contributed by atoms with Crippen molar-refractivity contribution in [3.8, 4) is 11.6 Å². The summed E-state index contributed by atoms with van der Waals surface area (Å²) in [5.74, 6) is 1.03. The van der Waals surface area contributed by atoms with Crippen LogP contribution in [-0.4, -0.2) is 4.98 Å². The molecule has 0 fully saturated rings. The highest BCUT2D eigenvalue weighted by molar-refractivity contribution is 9.10. The van der Waals surface area contributed by atoms with Crippen molar-refractivity contribution in [2.45, 2.75) is 13.0 Å². The molecule has 3 nitrogen and oxygen atoms in total. The molecule has 1 heterocycles. The Morgan fingerprint density at radius 2 is 2.17 bits per heavy atom. The Bertz CT molecular complexity index is 560. The molecule has 94 valence electrons. The molecule has 0 spiro atoms. The van der Waals surface area contributed by atoms with E-state index >= 15 is 0 Å². The van der Waals surface area contributed by atoms with Crippen LogP contribution in [0.25, 0.3) is 0 Å². The molecule has 0 bridgehead atoms. The number of rotatable bonds is 3. The fraction of sp³-hybridized carbons (Fsp3) is 0.154. The van der Waals surface area contributed by atoms with Crippen LogP contribution >= 0.6 is 27.5 Å². The van der Waals surface area contributed by atoms with Gasteiger partial charge in [-0.15, -0.1) is 0 Å². The van der Waals surface area contributed by atoms with E-state index in [9.17, 15) is 0 Å². The summed E-state index contributed by atoms with van der Waals surface area (Å²) < 4.78 is 6.62. The van der Waals surface area contributed by atoms with Crippen molar-refractivity contribution in [3.63, 3.8) is 0 Å². The third-order valence-electron chi connectivity index (χ3n) is 2.39. The Morgan fingerprint density at radius 1 is 1.39 bits per heavy atom. The first kappa shape index (κ1) is 13.3. The molecule has 0 aliphatic rings. The normalized spacial score (nSPS) is 12.2. The number of ether oxygens (including phenoxy) is 1. The van der Waals surface area contributed by atoms with E-state index < -0.39 is 0 Å². The first-order chi connectivity index (χ1) is 8.58. The van der Waals surface area contributed by atoms with E-state index in [4.69, 9.17) is 22.1 Å². The van der Waals surface area contributed by atoms with Crippen LogP contribution in [0.2, 0.25) is 5.02 Å². The van der Waals surface area contributed by atoms with Crippen LogP contribution in [0.4, 0.5) is 0 Å². The van der Waals surface area contributed by atoms with Gasteiger partial charge in [0.25, 0.3) is 0 Å². The maximum absolute atomic E-state index is 6.07. The zero-order valence-corrected chi connectivity index (χ0v) is 12.1. The number of benzene rings is 1. The smallest absolute Gasteiger partial charge is 0.224 e. The predicted octanol–water partition coefficient (Wildman–Crippen LogP) is 4.31. The van der Waals surface area contributed by atoms with Gasteiger partial charge in [-0.25, -0.2) is 4.98 Å². The van der Waals surface area contributed by atoms with Gasteiger partial charge in [0.05, 0.1) is 5.02 Å². The standard InChI is InChI=1S/C13H12BrClN2O/c1-8(16)10-3-2-6-17-13(10)18-12-7-9(14)4-5-11(12)15/h2-8H,16H2,1H3. The van der Waals surface area contributed by atoms with Gasteiger partial charge in [-0.3, -0.25) is 0 Å². The van der Waals surface area contributed by atoms with Gasteiger partial charge in [-0.2, -0.15) is 0 Å². The summed E-state index contributed by atoms with van der Waals surface area (Å²) in [5, 5.41) is 0.527. The molecule has 0 radical (unpaired) electrons. The highest BCUT2D eigenvalue weighted by atomic mass is 79.9. The Hall–Kier alpha value is -1.10. The summed E-state index contributed by atoms with van der Waals surface area (Å²) in [7, 11) is 0. The first-order valence-electron chi connectivity index (χ1n) is 5.41. The monoisotopic (exact) mass is 326 g/mol. The Balaban J connectivity index is 2.37. The molecule has 0 amide bonds. The molecule has 2 aromatic rings. The number of hydrogen-bond acceptors (Lipinski definition) is 3. The van der Waals surface area contributed by atoms with E-state index in [1.54, 1.807) is 18.3 Å². The van der Waals surface area contributed by atoms with E-state index in [0.717, 1.165) is 10.0 Å². The van der Waals surface area contributed by atoms with Gasteiger partial charge in [-0.05, 0) is 31.2 Å². The van der Waals surface area contributed by atoms with Crippen LogP contribution in [0.5, 0.6) is 11.6 Å². The van der Waals surface area contributed by atoms with Gasteiger partial charge in [0.2, 0.25) is 5.88 Å². The summed E-state index contributed by atoms with van der Waals surface area (Å²) in [5.41, 5.74) is 6.72. The van der Waals surface area contributed by atoms with E-state index in [0.29, 0.717) is 16.7 Å². The predicted molar refractivity (Wildman–Crippen MR) is 76.1 cm³/mol. The summed E-state index contributed by atoms with van der Waals surface area (Å²) in [6.45, 7) is 1.88. The molecule has 0 aliphatic heterocycles. The van der Waals surface area contributed by atoms with Crippen molar-refractivity contribution in [3.05, 3.63) is 51.6 Å². The lowest BCUT2D eigenvalue weighted by Crippen LogP contribution is -2.07. The maximum Gasteiger partial charge on any atom is 0.224 e. The van der Waals surface area contributed by atoms with E-state index in [1.807, 2.05) is 25.1 Å². The number of halogens is 2. The minimum atomic E-state index is -0.153. The van der Waals surface area contributed by atoms with Crippen molar-refractivity contribution in [1.82, 2.24) is 4.98 Å². The zero-order valence-electron chi connectivity index (χ0n) is 9.73. The second kappa shape index (κ2) is 5.69. The van der Waals surface area contributed by atoms with Crippen molar-refractivity contribution < 1.29 is 4.74 Å². The molecule has 1 atom stereocenters. The second-order valence-corrected chi connectivity index (χ2v) is 5.19. The number of nitrogens with two attached hydrogens (primary N) is 1. The molecule has 1 aromatic carbocycles. The fourth-order valence-corrected chi connectivity index (χ4v) is 1.99. The lowest BCUT2D eigenvalue weighted by Gasteiger charge is -2.13. The summed E-state index contributed by atoms with van der Waals surface area (Å²) in [4.78, 5) is 4.19. The maximum atomic E-state index is 6.07. The van der Waals surface area contributed by atoms with E-state index in [1.165, 1.54) is 0 Å². The number of pyridine rings is 1.